The Morgan fingerprint density at radius 1 is 0.821 bits per heavy atom. The molecule has 0 bridgehead atoms. The average molecular weight is 529 g/mol. The highest BCUT2D eigenvalue weighted by Crippen LogP contribution is 2.15. The second kappa shape index (κ2) is 13.0. The molecule has 0 aliphatic heterocycles. The fraction of sp³-hybridized carbons (Fsp3) is 0.281. The van der Waals surface area contributed by atoms with Crippen molar-refractivity contribution >= 4 is 22.8 Å². The molecule has 7 heteroatoms. The molecule has 0 aliphatic carbocycles. The van der Waals surface area contributed by atoms with E-state index in [9.17, 15) is 18.8 Å². The van der Waals surface area contributed by atoms with E-state index in [1.807, 2.05) is 30.3 Å². The molecule has 1 aromatic heterocycles. The van der Waals surface area contributed by atoms with E-state index in [2.05, 4.69) is 13.8 Å². The first-order chi connectivity index (χ1) is 18.8. The van der Waals surface area contributed by atoms with Crippen molar-refractivity contribution in [1.82, 2.24) is 9.80 Å². The van der Waals surface area contributed by atoms with Crippen molar-refractivity contribution in [2.45, 2.75) is 39.8 Å². The van der Waals surface area contributed by atoms with Gasteiger partial charge < -0.3 is 14.2 Å². The van der Waals surface area contributed by atoms with E-state index >= 15 is 0 Å². The zero-order valence-electron chi connectivity index (χ0n) is 22.3. The van der Waals surface area contributed by atoms with Gasteiger partial charge in [0.15, 0.2) is 5.43 Å². The SMILES string of the molecule is CC(C)CCN(CC(=O)N(Cc1ccc(F)cc1)Cc1coc2ccccc2c1=O)C(=O)Cc1ccccc1. The van der Waals surface area contributed by atoms with Gasteiger partial charge in [-0.25, -0.2) is 4.39 Å². The van der Waals surface area contributed by atoms with Crippen LogP contribution < -0.4 is 5.43 Å². The van der Waals surface area contributed by atoms with Crippen molar-refractivity contribution in [3.05, 3.63) is 118 Å². The van der Waals surface area contributed by atoms with Gasteiger partial charge in [0.1, 0.15) is 11.4 Å². The largest absolute Gasteiger partial charge is 0.464 e. The zero-order chi connectivity index (χ0) is 27.8. The molecule has 39 heavy (non-hydrogen) atoms. The van der Waals surface area contributed by atoms with Gasteiger partial charge in [-0.2, -0.15) is 0 Å². The minimum atomic E-state index is -0.377. The Kier molecular flexibility index (Phi) is 9.26. The van der Waals surface area contributed by atoms with Gasteiger partial charge in [0.25, 0.3) is 0 Å². The molecular weight excluding hydrogens is 495 g/mol. The van der Waals surface area contributed by atoms with E-state index in [1.54, 1.807) is 41.3 Å². The molecule has 0 aliphatic rings. The summed E-state index contributed by atoms with van der Waals surface area (Å²) in [5, 5.41) is 0.431. The number of rotatable bonds is 11. The van der Waals surface area contributed by atoms with Crippen molar-refractivity contribution in [2.75, 3.05) is 13.1 Å². The molecule has 0 saturated heterocycles. The molecule has 0 unspecified atom stereocenters. The first-order valence-electron chi connectivity index (χ1n) is 13.1. The minimum Gasteiger partial charge on any atom is -0.464 e. The number of fused-ring (bicyclic) bond motifs is 1. The third-order valence-electron chi connectivity index (χ3n) is 6.61. The highest BCUT2D eigenvalue weighted by Gasteiger charge is 2.23. The maximum absolute atomic E-state index is 13.7. The minimum absolute atomic E-state index is 0.00568. The Morgan fingerprint density at radius 2 is 1.51 bits per heavy atom. The summed E-state index contributed by atoms with van der Waals surface area (Å²) >= 11 is 0. The molecule has 0 spiro atoms. The normalized spacial score (nSPS) is 11.1. The Bertz CT molecular complexity index is 1470. The molecule has 6 nitrogen and oxygen atoms in total. The van der Waals surface area contributed by atoms with E-state index < -0.39 is 0 Å². The van der Waals surface area contributed by atoms with E-state index in [0.29, 0.717) is 34.6 Å². The van der Waals surface area contributed by atoms with Gasteiger partial charge in [0.05, 0.1) is 36.7 Å². The van der Waals surface area contributed by atoms with Crippen LogP contribution in [0.2, 0.25) is 0 Å². The first-order valence-corrected chi connectivity index (χ1v) is 13.1. The lowest BCUT2D eigenvalue weighted by Crippen LogP contribution is -2.44. The van der Waals surface area contributed by atoms with Crippen LogP contribution in [0.5, 0.6) is 0 Å². The number of amides is 2. The van der Waals surface area contributed by atoms with Crippen LogP contribution in [0, 0.1) is 11.7 Å². The molecule has 202 valence electrons. The second-order valence-electron chi connectivity index (χ2n) is 10.1. The summed E-state index contributed by atoms with van der Waals surface area (Å²) in [4.78, 5) is 43.3. The molecular formula is C32H33FN2O4. The summed E-state index contributed by atoms with van der Waals surface area (Å²) < 4.78 is 19.2. The zero-order valence-corrected chi connectivity index (χ0v) is 22.3. The number of hydrogen-bond acceptors (Lipinski definition) is 4. The summed E-state index contributed by atoms with van der Waals surface area (Å²) in [5.41, 5.74) is 2.16. The second-order valence-corrected chi connectivity index (χ2v) is 10.1. The molecule has 1 heterocycles. The quantitative estimate of drug-likeness (QED) is 0.255. The predicted octanol–water partition coefficient (Wildman–Crippen LogP) is 5.58. The highest BCUT2D eigenvalue weighted by molar-refractivity contribution is 5.86. The summed E-state index contributed by atoms with van der Waals surface area (Å²) in [6, 6.07) is 22.3. The fourth-order valence-corrected chi connectivity index (χ4v) is 4.33. The molecule has 4 aromatic rings. The summed E-state index contributed by atoms with van der Waals surface area (Å²) in [5.74, 6) is -0.470. The number of benzene rings is 3. The van der Waals surface area contributed by atoms with Gasteiger partial charge in [-0.15, -0.1) is 0 Å². The average Bonchev–Trinajstić information content (AvgIpc) is 2.93. The molecule has 0 atom stereocenters. The molecule has 3 aromatic carbocycles. The van der Waals surface area contributed by atoms with Gasteiger partial charge in [-0.05, 0) is 47.7 Å². The lowest BCUT2D eigenvalue weighted by molar-refractivity contribution is -0.141. The number of carbonyl (C=O) groups excluding carboxylic acids is 2. The van der Waals surface area contributed by atoms with Crippen LogP contribution in [-0.2, 0) is 29.1 Å². The summed E-state index contributed by atoms with van der Waals surface area (Å²) in [7, 11) is 0. The number of halogens is 1. The predicted molar refractivity (Wildman–Crippen MR) is 149 cm³/mol. The van der Waals surface area contributed by atoms with E-state index in [4.69, 9.17) is 4.42 Å². The van der Waals surface area contributed by atoms with Crippen LogP contribution >= 0.6 is 0 Å². The first kappa shape index (κ1) is 27.8. The van der Waals surface area contributed by atoms with Crippen LogP contribution in [-0.4, -0.2) is 34.7 Å². The summed E-state index contributed by atoms with van der Waals surface area (Å²) in [6.45, 7) is 4.60. The highest BCUT2D eigenvalue weighted by atomic mass is 19.1. The van der Waals surface area contributed by atoms with Crippen molar-refractivity contribution in [2.24, 2.45) is 5.92 Å². The Morgan fingerprint density at radius 3 is 2.23 bits per heavy atom. The van der Waals surface area contributed by atoms with Crippen molar-refractivity contribution in [1.29, 1.82) is 0 Å². The standard InChI is InChI=1S/C32H33FN2O4/c1-23(2)16-17-34(30(36)18-24-8-4-3-5-9-24)21-31(37)35(19-25-12-14-27(33)15-13-25)20-26-22-39-29-11-7-6-10-28(29)32(26)38/h3-15,22-23H,16-21H2,1-2H3. The number of para-hydroxylation sites is 1. The van der Waals surface area contributed by atoms with Crippen LogP contribution in [0.15, 0.2) is 94.3 Å². The number of hydrogen-bond donors (Lipinski definition) is 0. The van der Waals surface area contributed by atoms with Crippen LogP contribution in [0.1, 0.15) is 37.0 Å². The maximum Gasteiger partial charge on any atom is 0.242 e. The molecule has 0 saturated carbocycles. The van der Waals surface area contributed by atoms with Crippen molar-refractivity contribution in [3.63, 3.8) is 0 Å². The molecule has 0 N–H and O–H groups in total. The van der Waals surface area contributed by atoms with Crippen molar-refractivity contribution < 1.29 is 18.4 Å². The van der Waals surface area contributed by atoms with Crippen LogP contribution in [0.4, 0.5) is 4.39 Å². The van der Waals surface area contributed by atoms with Crippen LogP contribution in [0.25, 0.3) is 11.0 Å². The Hall–Kier alpha value is -4.26. The van der Waals surface area contributed by atoms with Gasteiger partial charge in [-0.3, -0.25) is 14.4 Å². The van der Waals surface area contributed by atoms with Crippen LogP contribution in [0.3, 0.4) is 0 Å². The molecule has 0 radical (unpaired) electrons. The lowest BCUT2D eigenvalue weighted by Gasteiger charge is -2.28. The van der Waals surface area contributed by atoms with E-state index in [1.165, 1.54) is 23.3 Å². The number of nitrogens with zero attached hydrogens (tertiary/aromatic N) is 2. The lowest BCUT2D eigenvalue weighted by atomic mass is 10.1. The molecule has 4 rings (SSSR count). The Labute approximate surface area is 227 Å². The number of carbonyl (C=O) groups is 2. The van der Waals surface area contributed by atoms with Gasteiger partial charge >= 0.3 is 0 Å². The molecule has 0 fully saturated rings. The monoisotopic (exact) mass is 528 g/mol. The third-order valence-corrected chi connectivity index (χ3v) is 6.61. The van der Waals surface area contributed by atoms with Gasteiger partial charge in [0.2, 0.25) is 11.8 Å². The topological polar surface area (TPSA) is 70.8 Å². The maximum atomic E-state index is 13.7. The van der Waals surface area contributed by atoms with E-state index in [-0.39, 0.29) is 49.1 Å². The fourth-order valence-electron chi connectivity index (χ4n) is 4.33. The van der Waals surface area contributed by atoms with Gasteiger partial charge in [-0.1, -0.05) is 68.4 Å². The van der Waals surface area contributed by atoms with Crippen molar-refractivity contribution in [3.8, 4) is 0 Å². The van der Waals surface area contributed by atoms with E-state index in [0.717, 1.165) is 12.0 Å². The molecule has 2 amide bonds. The Balaban J connectivity index is 1.60. The third kappa shape index (κ3) is 7.63. The smallest absolute Gasteiger partial charge is 0.242 e. The summed E-state index contributed by atoms with van der Waals surface area (Å²) in [6.07, 6.45) is 2.32. The van der Waals surface area contributed by atoms with Gasteiger partial charge in [0, 0.05) is 13.1 Å².